The molecular formula is C17H14N4O3S. The van der Waals surface area contributed by atoms with Crippen LogP contribution in [0.4, 0.5) is 5.69 Å². The summed E-state index contributed by atoms with van der Waals surface area (Å²) in [5.74, 6) is -0.511. The van der Waals surface area contributed by atoms with E-state index in [-0.39, 0.29) is 23.5 Å². The van der Waals surface area contributed by atoms with Crippen molar-refractivity contribution in [2.75, 3.05) is 17.8 Å². The Morgan fingerprint density at radius 2 is 1.52 bits per heavy atom. The SMILES string of the molecule is N#CCN(CC#N)C(=O)c1ccc(S(=O)(=O)Nc2ccccc2)cc1. The molecule has 126 valence electrons. The molecule has 0 aliphatic carbocycles. The first-order valence-corrected chi connectivity index (χ1v) is 8.67. The van der Waals surface area contributed by atoms with Gasteiger partial charge in [0.05, 0.1) is 17.0 Å². The molecule has 0 aromatic heterocycles. The summed E-state index contributed by atoms with van der Waals surface area (Å²) in [6.45, 7) is -0.440. The maximum atomic E-state index is 12.3. The van der Waals surface area contributed by atoms with Gasteiger partial charge in [0, 0.05) is 11.3 Å². The summed E-state index contributed by atoms with van der Waals surface area (Å²) in [5.41, 5.74) is 0.626. The average molecular weight is 354 g/mol. The second-order valence-electron chi connectivity index (χ2n) is 4.97. The van der Waals surface area contributed by atoms with Gasteiger partial charge >= 0.3 is 0 Å². The Hall–Kier alpha value is -3.36. The topological polar surface area (TPSA) is 114 Å². The molecular weight excluding hydrogens is 340 g/mol. The summed E-state index contributed by atoms with van der Waals surface area (Å²) in [7, 11) is -3.78. The van der Waals surface area contributed by atoms with Gasteiger partial charge in [0.1, 0.15) is 13.1 Å². The molecule has 0 fully saturated rings. The lowest BCUT2D eigenvalue weighted by molar-refractivity contribution is 0.0794. The zero-order chi connectivity index (χ0) is 18.3. The number of rotatable bonds is 6. The van der Waals surface area contributed by atoms with Crippen molar-refractivity contribution < 1.29 is 13.2 Å². The van der Waals surface area contributed by atoms with Crippen LogP contribution in [-0.4, -0.2) is 32.3 Å². The van der Waals surface area contributed by atoms with Crippen molar-refractivity contribution in [2.24, 2.45) is 0 Å². The molecule has 0 aliphatic rings. The number of sulfonamides is 1. The van der Waals surface area contributed by atoms with E-state index < -0.39 is 15.9 Å². The van der Waals surface area contributed by atoms with Crippen LogP contribution in [-0.2, 0) is 10.0 Å². The third kappa shape index (κ3) is 4.56. The van der Waals surface area contributed by atoms with Crippen LogP contribution in [0.5, 0.6) is 0 Å². The molecule has 0 heterocycles. The van der Waals surface area contributed by atoms with E-state index >= 15 is 0 Å². The molecule has 0 spiro atoms. The Bertz CT molecular complexity index is 911. The van der Waals surface area contributed by atoms with Crippen molar-refractivity contribution in [2.45, 2.75) is 4.90 Å². The molecule has 2 aromatic carbocycles. The predicted octanol–water partition coefficient (Wildman–Crippen LogP) is 1.98. The van der Waals surface area contributed by atoms with E-state index in [9.17, 15) is 13.2 Å². The number of nitriles is 2. The number of carbonyl (C=O) groups is 1. The highest BCUT2D eigenvalue weighted by molar-refractivity contribution is 7.92. The van der Waals surface area contributed by atoms with E-state index in [2.05, 4.69) is 4.72 Å². The minimum atomic E-state index is -3.78. The Balaban J connectivity index is 2.20. The van der Waals surface area contributed by atoms with E-state index in [0.29, 0.717) is 5.69 Å². The van der Waals surface area contributed by atoms with E-state index in [1.807, 2.05) is 12.1 Å². The van der Waals surface area contributed by atoms with Crippen molar-refractivity contribution in [3.63, 3.8) is 0 Å². The van der Waals surface area contributed by atoms with Gasteiger partial charge in [-0.25, -0.2) is 8.42 Å². The van der Waals surface area contributed by atoms with E-state index in [1.165, 1.54) is 24.3 Å². The molecule has 2 rings (SSSR count). The van der Waals surface area contributed by atoms with Gasteiger partial charge in [-0.05, 0) is 36.4 Å². The number of nitrogens with one attached hydrogen (secondary N) is 1. The first kappa shape index (κ1) is 18.0. The van der Waals surface area contributed by atoms with Gasteiger partial charge in [-0.2, -0.15) is 10.5 Å². The highest BCUT2D eigenvalue weighted by Crippen LogP contribution is 2.17. The predicted molar refractivity (Wildman–Crippen MR) is 90.8 cm³/mol. The lowest BCUT2D eigenvalue weighted by Crippen LogP contribution is -2.31. The largest absolute Gasteiger partial charge is 0.312 e. The Labute approximate surface area is 145 Å². The van der Waals surface area contributed by atoms with Crippen LogP contribution in [0.2, 0.25) is 0 Å². The normalized spacial score (nSPS) is 10.3. The van der Waals surface area contributed by atoms with Crippen LogP contribution < -0.4 is 4.72 Å². The third-order valence-electron chi connectivity index (χ3n) is 3.25. The maximum Gasteiger partial charge on any atom is 0.261 e. The molecule has 7 nitrogen and oxygen atoms in total. The van der Waals surface area contributed by atoms with Gasteiger partial charge in [0.2, 0.25) is 0 Å². The molecule has 25 heavy (non-hydrogen) atoms. The molecule has 1 N–H and O–H groups in total. The molecule has 0 bridgehead atoms. The first-order valence-electron chi connectivity index (χ1n) is 7.19. The third-order valence-corrected chi connectivity index (χ3v) is 4.65. The van der Waals surface area contributed by atoms with E-state index in [1.54, 1.807) is 30.3 Å². The van der Waals surface area contributed by atoms with Crippen LogP contribution in [0.3, 0.4) is 0 Å². The molecule has 0 saturated carbocycles. The standard InChI is InChI=1S/C17H14N4O3S/c18-10-12-21(13-11-19)17(22)14-6-8-16(9-7-14)25(23,24)20-15-4-2-1-3-5-15/h1-9,20H,12-13H2. The smallest absolute Gasteiger partial charge is 0.261 e. The fraction of sp³-hybridized carbons (Fsp3) is 0.118. The second kappa shape index (κ2) is 7.95. The van der Waals surface area contributed by atoms with Crippen molar-refractivity contribution in [1.82, 2.24) is 4.90 Å². The van der Waals surface area contributed by atoms with Crippen molar-refractivity contribution in [3.05, 3.63) is 60.2 Å². The zero-order valence-electron chi connectivity index (χ0n) is 13.1. The monoisotopic (exact) mass is 354 g/mol. The number of carbonyl (C=O) groups excluding carboxylic acids is 1. The van der Waals surface area contributed by atoms with Crippen molar-refractivity contribution in [1.29, 1.82) is 10.5 Å². The summed E-state index contributed by atoms with van der Waals surface area (Å²) in [6.07, 6.45) is 0. The fourth-order valence-electron chi connectivity index (χ4n) is 2.05. The number of para-hydroxylation sites is 1. The number of nitrogens with zero attached hydrogens (tertiary/aromatic N) is 3. The van der Waals surface area contributed by atoms with Crippen LogP contribution in [0, 0.1) is 22.7 Å². The number of hydrogen-bond acceptors (Lipinski definition) is 5. The maximum absolute atomic E-state index is 12.3. The van der Waals surface area contributed by atoms with Gasteiger partial charge in [-0.1, -0.05) is 18.2 Å². The Morgan fingerprint density at radius 3 is 2.04 bits per heavy atom. The van der Waals surface area contributed by atoms with Gasteiger partial charge in [-0.3, -0.25) is 9.52 Å². The molecule has 8 heteroatoms. The summed E-state index contributed by atoms with van der Waals surface area (Å²) < 4.78 is 27.1. The molecule has 1 amide bonds. The molecule has 0 unspecified atom stereocenters. The minimum absolute atomic E-state index is 0.0000180. The van der Waals surface area contributed by atoms with Crippen LogP contribution in [0.15, 0.2) is 59.5 Å². The lowest BCUT2D eigenvalue weighted by atomic mass is 10.2. The molecule has 2 aromatic rings. The van der Waals surface area contributed by atoms with Gasteiger partial charge < -0.3 is 4.90 Å². The van der Waals surface area contributed by atoms with Gasteiger partial charge in [0.15, 0.2) is 0 Å². The molecule has 0 radical (unpaired) electrons. The highest BCUT2D eigenvalue weighted by Gasteiger charge is 2.18. The number of benzene rings is 2. The zero-order valence-corrected chi connectivity index (χ0v) is 13.9. The fourth-order valence-corrected chi connectivity index (χ4v) is 3.11. The summed E-state index contributed by atoms with van der Waals surface area (Å²) >= 11 is 0. The summed E-state index contributed by atoms with van der Waals surface area (Å²) in [6, 6.07) is 17.4. The van der Waals surface area contributed by atoms with Crippen LogP contribution in [0.25, 0.3) is 0 Å². The second-order valence-corrected chi connectivity index (χ2v) is 6.66. The van der Waals surface area contributed by atoms with E-state index in [4.69, 9.17) is 10.5 Å². The highest BCUT2D eigenvalue weighted by atomic mass is 32.2. The Kier molecular flexibility index (Phi) is 5.72. The van der Waals surface area contributed by atoms with Crippen molar-refractivity contribution in [3.8, 4) is 12.1 Å². The minimum Gasteiger partial charge on any atom is -0.312 e. The van der Waals surface area contributed by atoms with Gasteiger partial charge in [0.25, 0.3) is 15.9 Å². The van der Waals surface area contributed by atoms with Gasteiger partial charge in [-0.15, -0.1) is 0 Å². The number of amides is 1. The van der Waals surface area contributed by atoms with Crippen LogP contribution >= 0.6 is 0 Å². The molecule has 0 atom stereocenters. The summed E-state index contributed by atoms with van der Waals surface area (Å²) in [5, 5.41) is 17.4. The van der Waals surface area contributed by atoms with E-state index in [0.717, 1.165) is 4.90 Å². The number of hydrogen-bond donors (Lipinski definition) is 1. The number of anilines is 1. The Morgan fingerprint density at radius 1 is 0.960 bits per heavy atom. The first-order chi connectivity index (χ1) is 12.0. The average Bonchev–Trinajstić information content (AvgIpc) is 2.61. The summed E-state index contributed by atoms with van der Waals surface area (Å²) in [4.78, 5) is 13.3. The molecule has 0 aliphatic heterocycles. The molecule has 0 saturated heterocycles. The van der Waals surface area contributed by atoms with Crippen LogP contribution in [0.1, 0.15) is 10.4 Å². The lowest BCUT2D eigenvalue weighted by Gasteiger charge is -2.16. The quantitative estimate of drug-likeness (QED) is 0.797. The van der Waals surface area contributed by atoms with Crippen molar-refractivity contribution >= 4 is 21.6 Å².